The van der Waals surface area contributed by atoms with Gasteiger partial charge in [-0.3, -0.25) is 4.79 Å². The van der Waals surface area contributed by atoms with Crippen LogP contribution in [0.3, 0.4) is 0 Å². The summed E-state index contributed by atoms with van der Waals surface area (Å²) in [6, 6.07) is 0. The second-order valence-corrected chi connectivity index (χ2v) is 6.28. The van der Waals surface area contributed by atoms with E-state index in [4.69, 9.17) is 5.11 Å². The van der Waals surface area contributed by atoms with E-state index in [1.165, 1.54) is 50.3 Å². The lowest BCUT2D eigenvalue weighted by molar-refractivity contribution is -0.133. The Morgan fingerprint density at radius 2 is 2.26 bits per heavy atom. The van der Waals surface area contributed by atoms with Crippen molar-refractivity contribution >= 4 is 17.7 Å². The third kappa shape index (κ3) is 4.56. The Bertz CT molecular complexity index is 425. The Kier molecular flexibility index (Phi) is 5.31. The number of thioether (sulfide) groups is 1. The second-order valence-electron chi connectivity index (χ2n) is 5.33. The van der Waals surface area contributed by atoms with Crippen molar-refractivity contribution in [2.24, 2.45) is 5.92 Å². The largest absolute Gasteiger partial charge is 0.481 e. The minimum Gasteiger partial charge on any atom is -0.481 e. The van der Waals surface area contributed by atoms with Crippen LogP contribution in [0.1, 0.15) is 44.2 Å². The first kappa shape index (κ1) is 14.4. The number of aryl methyl sites for hydroxylation is 2. The maximum atomic E-state index is 10.6. The number of imidazole rings is 1. The van der Waals surface area contributed by atoms with Gasteiger partial charge in [0, 0.05) is 12.7 Å². The normalized spacial score (nSPS) is 16.1. The van der Waals surface area contributed by atoms with Gasteiger partial charge < -0.3 is 9.67 Å². The Morgan fingerprint density at radius 1 is 1.53 bits per heavy atom. The third-order valence-corrected chi connectivity index (χ3v) is 4.65. The van der Waals surface area contributed by atoms with Gasteiger partial charge in [0.2, 0.25) is 0 Å². The third-order valence-electron chi connectivity index (χ3n) is 3.67. The highest BCUT2D eigenvalue weighted by Gasteiger charge is 2.15. The van der Waals surface area contributed by atoms with Crippen LogP contribution in [0.2, 0.25) is 0 Å². The molecule has 1 N–H and O–H groups in total. The number of nitrogens with zero attached hydrogens (tertiary/aromatic N) is 2. The van der Waals surface area contributed by atoms with Crippen LogP contribution in [0.25, 0.3) is 0 Å². The smallest absolute Gasteiger partial charge is 0.313 e. The van der Waals surface area contributed by atoms with E-state index in [0.29, 0.717) is 0 Å². The molecule has 0 bridgehead atoms. The number of carboxylic acids is 1. The molecule has 5 heteroatoms. The Labute approximate surface area is 118 Å². The van der Waals surface area contributed by atoms with E-state index in [0.717, 1.165) is 23.3 Å². The van der Waals surface area contributed by atoms with Crippen LogP contribution in [0.5, 0.6) is 0 Å². The van der Waals surface area contributed by atoms with E-state index < -0.39 is 5.97 Å². The first-order valence-corrected chi connectivity index (χ1v) is 8.02. The van der Waals surface area contributed by atoms with Gasteiger partial charge in [-0.1, -0.05) is 37.4 Å². The summed E-state index contributed by atoms with van der Waals surface area (Å²) >= 11 is 1.31. The van der Waals surface area contributed by atoms with E-state index in [1.807, 2.05) is 13.1 Å². The van der Waals surface area contributed by atoms with Crippen molar-refractivity contribution in [1.29, 1.82) is 0 Å². The summed E-state index contributed by atoms with van der Waals surface area (Å²) < 4.78 is 2.11. The fourth-order valence-electron chi connectivity index (χ4n) is 2.78. The molecule has 1 saturated carbocycles. The highest BCUT2D eigenvalue weighted by atomic mass is 32.2. The Hall–Kier alpha value is -0.970. The fourth-order valence-corrected chi connectivity index (χ4v) is 3.55. The van der Waals surface area contributed by atoms with E-state index in [9.17, 15) is 4.79 Å². The van der Waals surface area contributed by atoms with Gasteiger partial charge in [0.15, 0.2) is 5.16 Å². The van der Waals surface area contributed by atoms with Crippen LogP contribution in [0, 0.1) is 12.8 Å². The number of rotatable bonds is 7. The molecule has 2 rings (SSSR count). The molecular weight excluding hydrogens is 260 g/mol. The second kappa shape index (κ2) is 6.98. The average molecular weight is 282 g/mol. The molecule has 1 aromatic rings. The van der Waals surface area contributed by atoms with Crippen LogP contribution in [0.4, 0.5) is 0 Å². The molecule has 0 aliphatic heterocycles. The first-order valence-electron chi connectivity index (χ1n) is 7.03. The molecule has 4 nitrogen and oxygen atoms in total. The fraction of sp³-hybridized carbons (Fsp3) is 0.714. The number of aromatic nitrogens is 2. The monoisotopic (exact) mass is 282 g/mol. The zero-order valence-electron chi connectivity index (χ0n) is 11.5. The summed E-state index contributed by atoms with van der Waals surface area (Å²) in [6.45, 7) is 2.91. The summed E-state index contributed by atoms with van der Waals surface area (Å²) in [5.74, 6) is 0.210. The van der Waals surface area contributed by atoms with Crippen LogP contribution in [-0.4, -0.2) is 26.4 Å². The minimum absolute atomic E-state index is 0.0824. The Morgan fingerprint density at radius 3 is 2.95 bits per heavy atom. The Balaban J connectivity index is 1.82. The van der Waals surface area contributed by atoms with E-state index in [1.54, 1.807) is 0 Å². The van der Waals surface area contributed by atoms with Gasteiger partial charge in [-0.15, -0.1) is 0 Å². The van der Waals surface area contributed by atoms with Gasteiger partial charge in [-0.05, 0) is 25.7 Å². The van der Waals surface area contributed by atoms with Crippen LogP contribution >= 0.6 is 11.8 Å². The number of aliphatic carboxylic acids is 1. The molecule has 0 atom stereocenters. The van der Waals surface area contributed by atoms with Gasteiger partial charge >= 0.3 is 5.97 Å². The predicted octanol–water partition coefficient (Wildman–Crippen LogP) is 3.34. The quantitative estimate of drug-likeness (QED) is 0.779. The van der Waals surface area contributed by atoms with E-state index in [-0.39, 0.29) is 5.75 Å². The molecule has 1 aromatic heterocycles. The molecule has 0 radical (unpaired) electrons. The summed E-state index contributed by atoms with van der Waals surface area (Å²) in [5.41, 5.74) is 0.966. The summed E-state index contributed by atoms with van der Waals surface area (Å²) in [4.78, 5) is 15.0. The molecule has 0 saturated heterocycles. The van der Waals surface area contributed by atoms with Crippen LogP contribution < -0.4 is 0 Å². The molecule has 0 aromatic carbocycles. The van der Waals surface area contributed by atoms with Crippen molar-refractivity contribution in [3.8, 4) is 0 Å². The highest BCUT2D eigenvalue weighted by molar-refractivity contribution is 7.99. The van der Waals surface area contributed by atoms with Crippen LogP contribution in [-0.2, 0) is 11.3 Å². The van der Waals surface area contributed by atoms with Crippen molar-refractivity contribution in [2.45, 2.75) is 57.1 Å². The van der Waals surface area contributed by atoms with Crippen molar-refractivity contribution in [3.63, 3.8) is 0 Å². The molecule has 1 aliphatic rings. The average Bonchev–Trinajstić information content (AvgIpc) is 2.97. The lowest BCUT2D eigenvalue weighted by atomic mass is 10.0. The lowest BCUT2D eigenvalue weighted by Crippen LogP contribution is -2.04. The van der Waals surface area contributed by atoms with Crippen molar-refractivity contribution < 1.29 is 9.90 Å². The van der Waals surface area contributed by atoms with Gasteiger partial charge in [-0.2, -0.15) is 0 Å². The predicted molar refractivity (Wildman–Crippen MR) is 76.5 cm³/mol. The maximum absolute atomic E-state index is 10.6. The van der Waals surface area contributed by atoms with Crippen molar-refractivity contribution in [3.05, 3.63) is 11.9 Å². The molecule has 1 heterocycles. The van der Waals surface area contributed by atoms with Crippen molar-refractivity contribution in [1.82, 2.24) is 9.55 Å². The summed E-state index contributed by atoms with van der Waals surface area (Å²) in [6.07, 6.45) is 10.1. The van der Waals surface area contributed by atoms with Crippen LogP contribution in [0.15, 0.2) is 11.4 Å². The number of hydrogen-bond acceptors (Lipinski definition) is 3. The molecular formula is C14H22N2O2S. The topological polar surface area (TPSA) is 55.1 Å². The number of carbonyl (C=O) groups is 1. The molecule has 0 spiro atoms. The minimum atomic E-state index is -0.789. The van der Waals surface area contributed by atoms with Gasteiger partial charge in [-0.25, -0.2) is 4.98 Å². The number of hydrogen-bond donors (Lipinski definition) is 1. The standard InChI is InChI=1S/C14H22N2O2S/c1-11-9-16(14(15-11)19-10-13(17)18)8-4-7-12-5-2-3-6-12/h9,12H,2-8,10H2,1H3,(H,17,18). The van der Waals surface area contributed by atoms with E-state index in [2.05, 4.69) is 9.55 Å². The molecule has 1 fully saturated rings. The molecule has 0 amide bonds. The summed E-state index contributed by atoms with van der Waals surface area (Å²) in [7, 11) is 0. The zero-order valence-corrected chi connectivity index (χ0v) is 12.3. The molecule has 19 heavy (non-hydrogen) atoms. The SMILES string of the molecule is Cc1cn(CCCC2CCCC2)c(SCC(=O)O)n1. The zero-order chi connectivity index (χ0) is 13.7. The molecule has 0 unspecified atom stereocenters. The van der Waals surface area contributed by atoms with Crippen molar-refractivity contribution in [2.75, 3.05) is 5.75 Å². The van der Waals surface area contributed by atoms with E-state index >= 15 is 0 Å². The lowest BCUT2D eigenvalue weighted by Gasteiger charge is -2.10. The summed E-state index contributed by atoms with van der Waals surface area (Å²) in [5, 5.41) is 9.57. The maximum Gasteiger partial charge on any atom is 0.313 e. The number of carboxylic acid groups (broad SMARTS) is 1. The molecule has 106 valence electrons. The van der Waals surface area contributed by atoms with Gasteiger partial charge in [0.25, 0.3) is 0 Å². The van der Waals surface area contributed by atoms with Gasteiger partial charge in [0.05, 0.1) is 11.4 Å². The highest BCUT2D eigenvalue weighted by Crippen LogP contribution is 2.29. The van der Waals surface area contributed by atoms with Gasteiger partial charge in [0.1, 0.15) is 0 Å². The molecule has 1 aliphatic carbocycles. The first-order chi connectivity index (χ1) is 9.15.